The van der Waals surface area contributed by atoms with Gasteiger partial charge in [0.25, 0.3) is 5.56 Å². The Bertz CT molecular complexity index is 2470. The summed E-state index contributed by atoms with van der Waals surface area (Å²) >= 11 is 10.0. The van der Waals surface area contributed by atoms with Crippen LogP contribution in [0.4, 0.5) is 19.4 Å². The molecule has 0 aliphatic heterocycles. The predicted molar refractivity (Wildman–Crippen MR) is 192 cm³/mol. The monoisotopic (exact) mass is 800 g/mol. The summed E-state index contributed by atoms with van der Waals surface area (Å²) in [5.74, 6) is -1.64. The number of hydrogen-bond donors (Lipinski definition) is 2. The van der Waals surface area contributed by atoms with Crippen molar-refractivity contribution >= 4 is 71.3 Å². The first-order chi connectivity index (χ1) is 24.2. The quantitative estimate of drug-likeness (QED) is 0.154. The SMILES string of the molecule is COc1ccc(CCS(=O)(=O)Nc2nn(C)c3c(-n4c(C(Cc5cc(F)cc(F)c5)OC(N)=O)nc5cc(Br)ccc5c4=O)ccc(Cl)c23)cc1. The van der Waals surface area contributed by atoms with Crippen molar-refractivity contribution in [2.45, 2.75) is 18.9 Å². The molecule has 6 aromatic rings. The lowest BCUT2D eigenvalue weighted by molar-refractivity contribution is 0.1000. The van der Waals surface area contributed by atoms with E-state index in [0.717, 1.165) is 22.3 Å². The summed E-state index contributed by atoms with van der Waals surface area (Å²) in [6, 6.07) is 17.5. The van der Waals surface area contributed by atoms with E-state index < -0.39 is 39.4 Å². The Morgan fingerprint density at radius 1 is 1.04 bits per heavy atom. The third-order valence-electron chi connectivity index (χ3n) is 7.98. The number of nitrogens with two attached hydrogens (primary N) is 1. The zero-order chi connectivity index (χ0) is 36.6. The molecule has 17 heteroatoms. The number of ether oxygens (including phenoxy) is 2. The average Bonchev–Trinajstić information content (AvgIpc) is 3.38. The van der Waals surface area contributed by atoms with Crippen molar-refractivity contribution in [3.8, 4) is 11.4 Å². The summed E-state index contributed by atoms with van der Waals surface area (Å²) in [6.07, 6.45) is -2.81. The molecule has 1 unspecified atom stereocenters. The average molecular weight is 802 g/mol. The molecular formula is C34H28BrClF2N6O6S. The fourth-order valence-corrected chi connectivity index (χ4v) is 7.38. The normalized spacial score (nSPS) is 12.3. The molecule has 51 heavy (non-hydrogen) atoms. The van der Waals surface area contributed by atoms with Crippen LogP contribution < -0.4 is 20.8 Å². The largest absolute Gasteiger partial charge is 0.497 e. The van der Waals surface area contributed by atoms with Crippen LogP contribution in [0.2, 0.25) is 5.02 Å². The molecule has 0 spiro atoms. The number of benzene rings is 4. The number of amides is 1. The lowest BCUT2D eigenvalue weighted by atomic mass is 10.1. The summed E-state index contributed by atoms with van der Waals surface area (Å²) in [6.45, 7) is 0. The van der Waals surface area contributed by atoms with Gasteiger partial charge in [-0.3, -0.25) is 18.8 Å². The second-order valence-electron chi connectivity index (χ2n) is 11.5. The molecule has 6 rings (SSSR count). The van der Waals surface area contributed by atoms with E-state index in [1.54, 1.807) is 42.5 Å². The van der Waals surface area contributed by atoms with Crippen molar-refractivity contribution in [1.29, 1.82) is 0 Å². The molecule has 0 saturated carbocycles. The number of aromatic nitrogens is 4. The summed E-state index contributed by atoms with van der Waals surface area (Å²) in [5, 5.41) is 4.85. The van der Waals surface area contributed by atoms with Crippen LogP contribution in [0, 0.1) is 11.6 Å². The van der Waals surface area contributed by atoms with Gasteiger partial charge >= 0.3 is 6.09 Å². The first kappa shape index (κ1) is 35.8. The van der Waals surface area contributed by atoms with Crippen LogP contribution in [-0.4, -0.2) is 46.7 Å². The van der Waals surface area contributed by atoms with Gasteiger partial charge in [0.2, 0.25) is 10.0 Å². The standard InChI is InChI=1S/C34H28BrClF2N6O6S/c1-43-30-27(10-9-25(36)29(30)31(41-43)42-51(47,48)12-11-18-3-6-23(49-2)7-4-18)44-32(40-26-16-20(35)5-8-24(26)33(44)45)28(50-34(39)46)15-19-13-21(37)17-22(38)14-19/h3-10,13-14,16-17,28H,11-12,15H2,1-2H3,(H2,39,46)(H,41,42). The van der Waals surface area contributed by atoms with Gasteiger partial charge in [0.15, 0.2) is 17.7 Å². The van der Waals surface area contributed by atoms with Crippen LogP contribution in [-0.2, 0) is 34.6 Å². The zero-order valence-electron chi connectivity index (χ0n) is 26.9. The first-order valence-corrected chi connectivity index (χ1v) is 18.0. The highest BCUT2D eigenvalue weighted by molar-refractivity contribution is 9.10. The second-order valence-corrected chi connectivity index (χ2v) is 14.6. The highest BCUT2D eigenvalue weighted by Gasteiger charge is 2.28. The molecule has 0 saturated heterocycles. The van der Waals surface area contributed by atoms with Crippen LogP contribution in [0.5, 0.6) is 5.75 Å². The number of rotatable bonds is 11. The van der Waals surface area contributed by atoms with Crippen molar-refractivity contribution in [2.75, 3.05) is 17.6 Å². The molecule has 0 aliphatic carbocycles. The van der Waals surface area contributed by atoms with Crippen LogP contribution in [0.25, 0.3) is 27.5 Å². The van der Waals surface area contributed by atoms with Gasteiger partial charge in [-0.25, -0.2) is 27.0 Å². The van der Waals surface area contributed by atoms with Crippen LogP contribution >= 0.6 is 27.5 Å². The highest BCUT2D eigenvalue weighted by atomic mass is 79.9. The van der Waals surface area contributed by atoms with E-state index in [0.29, 0.717) is 16.3 Å². The molecule has 264 valence electrons. The first-order valence-electron chi connectivity index (χ1n) is 15.1. The van der Waals surface area contributed by atoms with E-state index in [-0.39, 0.29) is 68.3 Å². The zero-order valence-corrected chi connectivity index (χ0v) is 30.0. The van der Waals surface area contributed by atoms with Crippen molar-refractivity contribution < 1.29 is 31.5 Å². The molecule has 12 nitrogen and oxygen atoms in total. The number of sulfonamides is 1. The molecule has 2 heterocycles. The number of anilines is 1. The third kappa shape index (κ3) is 7.67. The molecule has 0 aliphatic rings. The van der Waals surface area contributed by atoms with Gasteiger partial charge < -0.3 is 15.2 Å². The summed E-state index contributed by atoms with van der Waals surface area (Å²) in [7, 11) is -0.910. The number of fused-ring (bicyclic) bond motifs is 2. The molecule has 1 atom stereocenters. The van der Waals surface area contributed by atoms with Gasteiger partial charge in [0.05, 0.1) is 45.4 Å². The lowest BCUT2D eigenvalue weighted by Gasteiger charge is -2.22. The Balaban J connectivity index is 1.50. The Morgan fingerprint density at radius 3 is 2.41 bits per heavy atom. The molecular weight excluding hydrogens is 774 g/mol. The number of primary amides is 1. The van der Waals surface area contributed by atoms with Crippen LogP contribution in [0.3, 0.4) is 0 Å². The smallest absolute Gasteiger partial charge is 0.405 e. The number of carbonyl (C=O) groups excluding carboxylic acids is 1. The Kier molecular flexibility index (Phi) is 10.0. The molecule has 3 N–H and O–H groups in total. The van der Waals surface area contributed by atoms with Crippen LogP contribution in [0.1, 0.15) is 23.1 Å². The van der Waals surface area contributed by atoms with E-state index >= 15 is 0 Å². The topological polar surface area (TPSA) is 160 Å². The van der Waals surface area contributed by atoms with Gasteiger partial charge in [0, 0.05) is 24.0 Å². The summed E-state index contributed by atoms with van der Waals surface area (Å²) in [5.41, 5.74) is 6.24. The minimum Gasteiger partial charge on any atom is -0.497 e. The van der Waals surface area contributed by atoms with Gasteiger partial charge in [-0.05, 0) is 72.1 Å². The molecule has 0 fully saturated rings. The fourth-order valence-electron chi connectivity index (χ4n) is 5.75. The van der Waals surface area contributed by atoms with Gasteiger partial charge in [-0.1, -0.05) is 39.7 Å². The van der Waals surface area contributed by atoms with Crippen molar-refractivity contribution in [1.82, 2.24) is 19.3 Å². The minimum atomic E-state index is -3.97. The third-order valence-corrected chi connectivity index (χ3v) is 10.0. The summed E-state index contributed by atoms with van der Waals surface area (Å²) < 4.78 is 71.2. The Morgan fingerprint density at radius 2 is 1.75 bits per heavy atom. The maximum absolute atomic E-state index is 14.4. The predicted octanol–water partition coefficient (Wildman–Crippen LogP) is 6.34. The minimum absolute atomic E-state index is 0.0852. The van der Waals surface area contributed by atoms with Crippen LogP contribution in [0.15, 0.2) is 82.1 Å². The molecule has 0 radical (unpaired) electrons. The number of nitrogens with one attached hydrogen (secondary N) is 1. The van der Waals surface area contributed by atoms with Gasteiger partial charge in [-0.2, -0.15) is 5.10 Å². The second kappa shape index (κ2) is 14.3. The van der Waals surface area contributed by atoms with Crippen molar-refractivity contribution in [3.63, 3.8) is 0 Å². The highest BCUT2D eigenvalue weighted by Crippen LogP contribution is 2.36. The number of aryl methyl sites for hydroxylation is 2. The van der Waals surface area contributed by atoms with Crippen molar-refractivity contribution in [2.24, 2.45) is 12.8 Å². The molecule has 2 aromatic heterocycles. The number of carbonyl (C=O) groups is 1. The number of halogens is 4. The van der Waals surface area contributed by atoms with E-state index in [1.165, 1.54) is 31.0 Å². The maximum Gasteiger partial charge on any atom is 0.405 e. The van der Waals surface area contributed by atoms with E-state index in [2.05, 4.69) is 30.7 Å². The Labute approximate surface area is 302 Å². The molecule has 1 amide bonds. The number of nitrogens with zero attached hydrogens (tertiary/aromatic N) is 4. The molecule has 0 bridgehead atoms. The maximum atomic E-state index is 14.4. The van der Waals surface area contributed by atoms with Gasteiger partial charge in [0.1, 0.15) is 17.4 Å². The fraction of sp³-hybridized carbons (Fsp3) is 0.176. The van der Waals surface area contributed by atoms with E-state index in [1.807, 2.05) is 0 Å². The Hall–Kier alpha value is -5.06. The summed E-state index contributed by atoms with van der Waals surface area (Å²) in [4.78, 5) is 31.3. The number of hydrogen-bond acceptors (Lipinski definition) is 8. The van der Waals surface area contributed by atoms with E-state index in [4.69, 9.17) is 26.8 Å². The molecule has 4 aromatic carbocycles. The lowest BCUT2D eigenvalue weighted by Crippen LogP contribution is -2.30. The van der Waals surface area contributed by atoms with Crippen molar-refractivity contribution in [3.05, 3.63) is 121 Å². The van der Waals surface area contributed by atoms with Gasteiger partial charge in [-0.15, -0.1) is 0 Å². The number of methoxy groups -OCH3 is 1. The van der Waals surface area contributed by atoms with E-state index in [9.17, 15) is 26.8 Å².